The molecule has 0 aromatic rings. The third-order valence-electron chi connectivity index (χ3n) is 5.97. The second-order valence-corrected chi connectivity index (χ2v) is 16.6. The molecule has 0 saturated heterocycles. The Balaban J connectivity index is 7.21. The standard InChI is InChI=1S/C17H21F17O3SSi/c1-7(2)39(8(3)4,9(5)6)37-38(35,36)17(33,34)15(28,29)13(24,25)11(20,21)10(18,19)12(22,23)14(26,27)16(30,31)32/h7-9H,1-6H3. The van der Waals surface area contributed by atoms with Gasteiger partial charge < -0.3 is 3.87 Å². The van der Waals surface area contributed by atoms with Crippen LogP contribution in [0.15, 0.2) is 0 Å². The summed E-state index contributed by atoms with van der Waals surface area (Å²) in [6.07, 6.45) is -7.88. The van der Waals surface area contributed by atoms with Crippen molar-refractivity contribution in [2.24, 2.45) is 0 Å². The Kier molecular flexibility index (Phi) is 9.76. The number of halogens is 17. The predicted octanol–water partition coefficient (Wildman–Crippen LogP) is 8.48. The first-order valence-corrected chi connectivity index (χ1v) is 13.7. The van der Waals surface area contributed by atoms with Crippen LogP contribution in [0.2, 0.25) is 16.6 Å². The summed E-state index contributed by atoms with van der Waals surface area (Å²) >= 11 is 0. The zero-order chi connectivity index (χ0) is 32.4. The van der Waals surface area contributed by atoms with Crippen LogP contribution in [-0.2, 0) is 14.0 Å². The van der Waals surface area contributed by atoms with Crippen LogP contribution in [0.1, 0.15) is 41.5 Å². The van der Waals surface area contributed by atoms with Gasteiger partial charge in [-0.2, -0.15) is 83.1 Å². The molecular weight excluding hydrogens is 635 g/mol. The average molecular weight is 656 g/mol. The first-order chi connectivity index (χ1) is 16.5. The largest absolute Gasteiger partial charge is 0.460 e. The van der Waals surface area contributed by atoms with Gasteiger partial charge in [0.25, 0.3) is 0 Å². The fraction of sp³-hybridized carbons (Fsp3) is 1.00. The number of hydrogen-bond donors (Lipinski definition) is 0. The Morgan fingerprint density at radius 1 is 0.462 bits per heavy atom. The van der Waals surface area contributed by atoms with E-state index in [1.807, 2.05) is 0 Å². The van der Waals surface area contributed by atoms with E-state index in [4.69, 9.17) is 0 Å². The van der Waals surface area contributed by atoms with Crippen LogP contribution in [0.5, 0.6) is 0 Å². The summed E-state index contributed by atoms with van der Waals surface area (Å²) in [4.78, 5) is 0. The van der Waals surface area contributed by atoms with Gasteiger partial charge in [-0.3, -0.25) is 0 Å². The van der Waals surface area contributed by atoms with E-state index < -0.39 is 82.0 Å². The van der Waals surface area contributed by atoms with Crippen molar-refractivity contribution < 1.29 is 86.9 Å². The highest BCUT2D eigenvalue weighted by molar-refractivity contribution is 7.89. The Morgan fingerprint density at radius 2 is 0.692 bits per heavy atom. The number of rotatable bonds is 12. The van der Waals surface area contributed by atoms with Crippen molar-refractivity contribution in [2.45, 2.75) is 105 Å². The average Bonchev–Trinajstić information content (AvgIpc) is 2.69. The summed E-state index contributed by atoms with van der Waals surface area (Å²) in [5, 5.41) is -7.66. The van der Waals surface area contributed by atoms with Crippen LogP contribution in [-0.4, -0.2) is 63.7 Å². The van der Waals surface area contributed by atoms with Crippen molar-refractivity contribution in [2.75, 3.05) is 0 Å². The lowest BCUT2D eigenvalue weighted by molar-refractivity contribution is -0.458. The fourth-order valence-corrected chi connectivity index (χ4v) is 12.5. The molecule has 0 bridgehead atoms. The van der Waals surface area contributed by atoms with E-state index in [2.05, 4.69) is 3.87 Å². The topological polar surface area (TPSA) is 43.4 Å². The number of alkyl halides is 17. The molecule has 0 N–H and O–H groups in total. The van der Waals surface area contributed by atoms with Gasteiger partial charge in [0.15, 0.2) is 0 Å². The van der Waals surface area contributed by atoms with Gasteiger partial charge in [0.2, 0.25) is 8.32 Å². The van der Waals surface area contributed by atoms with Gasteiger partial charge >= 0.3 is 57.1 Å². The molecule has 0 unspecified atom stereocenters. The van der Waals surface area contributed by atoms with Crippen LogP contribution < -0.4 is 0 Å². The summed E-state index contributed by atoms with van der Waals surface area (Å²) in [5.41, 5.74) is -3.40. The first-order valence-electron chi connectivity index (χ1n) is 10.2. The molecule has 0 aromatic heterocycles. The van der Waals surface area contributed by atoms with E-state index >= 15 is 0 Å². The van der Waals surface area contributed by atoms with Crippen LogP contribution >= 0.6 is 0 Å². The van der Waals surface area contributed by atoms with E-state index in [0.717, 1.165) is 41.5 Å². The highest BCUT2D eigenvalue weighted by atomic mass is 32.2. The molecule has 0 heterocycles. The molecule has 0 amide bonds. The van der Waals surface area contributed by atoms with Crippen LogP contribution in [0.25, 0.3) is 0 Å². The molecule has 0 saturated carbocycles. The molecule has 0 atom stereocenters. The van der Waals surface area contributed by atoms with Crippen molar-refractivity contribution in [3.63, 3.8) is 0 Å². The molecule has 0 aliphatic heterocycles. The second kappa shape index (κ2) is 10.0. The minimum Gasteiger partial charge on any atom is -0.309 e. The molecular formula is C17H21F17O3SSi. The van der Waals surface area contributed by atoms with Gasteiger partial charge in [-0.1, -0.05) is 41.5 Å². The highest BCUT2D eigenvalue weighted by Gasteiger charge is 2.96. The smallest absolute Gasteiger partial charge is 0.309 e. The molecule has 0 rings (SSSR count). The second-order valence-electron chi connectivity index (χ2n) is 9.32. The molecule has 0 fully saturated rings. The molecule has 236 valence electrons. The lowest BCUT2D eigenvalue weighted by Gasteiger charge is -2.44. The van der Waals surface area contributed by atoms with Crippen LogP contribution in [0.3, 0.4) is 0 Å². The van der Waals surface area contributed by atoms with Crippen molar-refractivity contribution >= 4 is 18.4 Å². The van der Waals surface area contributed by atoms with Crippen LogP contribution in [0.4, 0.5) is 74.6 Å². The Labute approximate surface area is 211 Å². The molecule has 0 aliphatic rings. The molecule has 0 radical (unpaired) electrons. The third kappa shape index (κ3) is 5.00. The highest BCUT2D eigenvalue weighted by Crippen LogP contribution is 2.64. The number of hydrogen-bond acceptors (Lipinski definition) is 3. The van der Waals surface area contributed by atoms with Gasteiger partial charge in [0, 0.05) is 0 Å². The minimum absolute atomic E-state index is 1.10. The van der Waals surface area contributed by atoms with E-state index in [1.165, 1.54) is 0 Å². The predicted molar refractivity (Wildman–Crippen MR) is 102 cm³/mol. The zero-order valence-electron chi connectivity index (χ0n) is 20.3. The third-order valence-corrected chi connectivity index (χ3v) is 14.3. The van der Waals surface area contributed by atoms with Gasteiger partial charge in [0.1, 0.15) is 0 Å². The normalized spacial score (nSPS) is 16.6. The molecule has 0 aromatic carbocycles. The maximum Gasteiger partial charge on any atom is 0.460 e. The van der Waals surface area contributed by atoms with E-state index in [9.17, 15) is 83.1 Å². The molecule has 22 heteroatoms. The molecule has 0 spiro atoms. The maximum atomic E-state index is 14.4. The summed E-state index contributed by atoms with van der Waals surface area (Å²) in [7, 11) is -12.0. The van der Waals surface area contributed by atoms with Crippen molar-refractivity contribution in [1.82, 2.24) is 0 Å². The molecule has 39 heavy (non-hydrogen) atoms. The first kappa shape index (κ1) is 37.9. The van der Waals surface area contributed by atoms with Gasteiger partial charge in [-0.15, -0.1) is 0 Å². The van der Waals surface area contributed by atoms with Crippen molar-refractivity contribution in [3.05, 3.63) is 0 Å². The summed E-state index contributed by atoms with van der Waals surface area (Å²) in [6, 6.07) is 0. The Hall–Kier alpha value is -1.06. The molecule has 3 nitrogen and oxygen atoms in total. The van der Waals surface area contributed by atoms with E-state index in [1.54, 1.807) is 0 Å². The maximum absolute atomic E-state index is 14.4. The SMILES string of the molecule is CC(C)[Si](OS(=O)(=O)C(F)(F)C(F)(F)C(F)(F)C(F)(F)C(F)(F)C(F)(F)C(F)(F)C(F)(F)F)(C(C)C)C(C)C. The van der Waals surface area contributed by atoms with E-state index in [0.29, 0.717) is 0 Å². The van der Waals surface area contributed by atoms with E-state index in [-0.39, 0.29) is 0 Å². The Bertz CT molecular complexity index is 965. The minimum atomic E-state index is -8.87. The lowest BCUT2D eigenvalue weighted by atomic mass is 9.91. The molecule has 0 aliphatic carbocycles. The summed E-state index contributed by atoms with van der Waals surface area (Å²) in [6.45, 7) is 6.61. The summed E-state index contributed by atoms with van der Waals surface area (Å²) < 4.78 is 257. The zero-order valence-corrected chi connectivity index (χ0v) is 22.1. The fourth-order valence-electron chi connectivity index (χ4n) is 3.84. The van der Waals surface area contributed by atoms with Crippen LogP contribution in [0, 0.1) is 0 Å². The van der Waals surface area contributed by atoms with Gasteiger partial charge in [-0.05, 0) is 16.6 Å². The monoisotopic (exact) mass is 656 g/mol. The summed E-state index contributed by atoms with van der Waals surface area (Å²) in [5.74, 6) is -51.8. The van der Waals surface area contributed by atoms with Gasteiger partial charge in [-0.25, -0.2) is 0 Å². The Morgan fingerprint density at radius 3 is 0.923 bits per heavy atom. The quantitative estimate of drug-likeness (QED) is 0.156. The van der Waals surface area contributed by atoms with Gasteiger partial charge in [0.05, 0.1) is 0 Å². The van der Waals surface area contributed by atoms with Crippen molar-refractivity contribution in [3.8, 4) is 0 Å². The van der Waals surface area contributed by atoms with Crippen molar-refractivity contribution in [1.29, 1.82) is 0 Å². The lowest BCUT2D eigenvalue weighted by Crippen LogP contribution is -2.75.